The summed E-state index contributed by atoms with van der Waals surface area (Å²) >= 11 is 5.87. The first-order chi connectivity index (χ1) is 9.40. The monoisotopic (exact) mass is 313 g/mol. The minimum atomic E-state index is -3.02. The largest absolute Gasteiger partial charge is 0.346 e. The van der Waals surface area contributed by atoms with Crippen LogP contribution in [-0.4, -0.2) is 25.8 Å². The Morgan fingerprint density at radius 1 is 1.25 bits per heavy atom. The summed E-state index contributed by atoms with van der Waals surface area (Å²) in [6, 6.07) is 7.45. The zero-order chi connectivity index (χ0) is 14.4. The number of hydrogen-bond donors (Lipinski definition) is 1. The van der Waals surface area contributed by atoms with Crippen LogP contribution in [0.2, 0.25) is 5.02 Å². The van der Waals surface area contributed by atoms with Crippen LogP contribution in [0.25, 0.3) is 0 Å². The molecule has 1 saturated carbocycles. The van der Waals surface area contributed by atoms with Crippen molar-refractivity contribution in [2.45, 2.75) is 24.8 Å². The molecule has 20 heavy (non-hydrogen) atoms. The Bertz CT molecular complexity index is 635. The normalized spacial score (nSPS) is 26.1. The van der Waals surface area contributed by atoms with Crippen molar-refractivity contribution in [1.82, 2.24) is 5.32 Å². The molecule has 1 aromatic carbocycles. The molecule has 6 heteroatoms. The standard InChI is InChI=1S/C14H16ClNO3S/c15-12-3-1-11(2-4-12)14(6-7-14)16-13(17)10-5-8-20(18,19)9-10/h1-4,10H,5-9H2,(H,16,17)/t10-/m0/s1. The van der Waals surface area contributed by atoms with E-state index in [2.05, 4.69) is 5.32 Å². The van der Waals surface area contributed by atoms with Gasteiger partial charge in [0.1, 0.15) is 0 Å². The first kappa shape index (κ1) is 13.9. The SMILES string of the molecule is O=C(NC1(c2ccc(Cl)cc2)CC1)[C@H]1CCS(=O)(=O)C1. The fourth-order valence-electron chi connectivity index (χ4n) is 2.72. The average molecular weight is 314 g/mol. The van der Waals surface area contributed by atoms with Crippen LogP contribution in [0.4, 0.5) is 0 Å². The summed E-state index contributed by atoms with van der Waals surface area (Å²) < 4.78 is 22.9. The summed E-state index contributed by atoms with van der Waals surface area (Å²) in [6.07, 6.45) is 2.21. The maximum absolute atomic E-state index is 12.2. The van der Waals surface area contributed by atoms with E-state index in [1.54, 1.807) is 0 Å². The molecule has 0 radical (unpaired) electrons. The highest BCUT2D eigenvalue weighted by Crippen LogP contribution is 2.46. The van der Waals surface area contributed by atoms with Gasteiger partial charge in [0, 0.05) is 5.02 Å². The minimum absolute atomic E-state index is 0.0183. The molecule has 0 aromatic heterocycles. The summed E-state index contributed by atoms with van der Waals surface area (Å²) in [7, 11) is -3.02. The van der Waals surface area contributed by atoms with Crippen molar-refractivity contribution >= 4 is 27.3 Å². The van der Waals surface area contributed by atoms with Crippen molar-refractivity contribution in [3.05, 3.63) is 34.9 Å². The molecule has 1 saturated heterocycles. The summed E-state index contributed by atoms with van der Waals surface area (Å²) in [4.78, 5) is 12.2. The Kier molecular flexibility index (Phi) is 3.29. The van der Waals surface area contributed by atoms with E-state index < -0.39 is 15.8 Å². The molecule has 1 atom stereocenters. The van der Waals surface area contributed by atoms with Crippen molar-refractivity contribution in [3.63, 3.8) is 0 Å². The fourth-order valence-corrected chi connectivity index (χ4v) is 4.59. The number of carbonyl (C=O) groups is 1. The van der Waals surface area contributed by atoms with Gasteiger partial charge < -0.3 is 5.32 Å². The second kappa shape index (κ2) is 4.74. The van der Waals surface area contributed by atoms with Crippen molar-refractivity contribution in [2.75, 3.05) is 11.5 Å². The van der Waals surface area contributed by atoms with Gasteiger partial charge in [0.2, 0.25) is 5.91 Å². The van der Waals surface area contributed by atoms with E-state index in [0.717, 1.165) is 18.4 Å². The summed E-state index contributed by atoms with van der Waals surface area (Å²) in [5, 5.41) is 3.70. The number of carbonyl (C=O) groups excluding carboxylic acids is 1. The lowest BCUT2D eigenvalue weighted by atomic mass is 10.0. The highest BCUT2D eigenvalue weighted by atomic mass is 35.5. The van der Waals surface area contributed by atoms with E-state index in [4.69, 9.17) is 11.6 Å². The van der Waals surface area contributed by atoms with E-state index >= 15 is 0 Å². The lowest BCUT2D eigenvalue weighted by Crippen LogP contribution is -2.39. The predicted octanol–water partition coefficient (Wildman–Crippen LogP) is 1.88. The van der Waals surface area contributed by atoms with Gasteiger partial charge in [-0.15, -0.1) is 0 Å². The zero-order valence-electron chi connectivity index (χ0n) is 10.9. The van der Waals surface area contributed by atoms with Crippen molar-refractivity contribution < 1.29 is 13.2 Å². The third-order valence-electron chi connectivity index (χ3n) is 4.11. The first-order valence-electron chi connectivity index (χ1n) is 6.69. The molecule has 1 aliphatic carbocycles. The first-order valence-corrected chi connectivity index (χ1v) is 8.89. The topological polar surface area (TPSA) is 63.2 Å². The maximum atomic E-state index is 12.2. The Hall–Kier alpha value is -1.07. The van der Waals surface area contributed by atoms with Crippen molar-refractivity contribution in [3.8, 4) is 0 Å². The van der Waals surface area contributed by atoms with Gasteiger partial charge in [-0.05, 0) is 37.0 Å². The minimum Gasteiger partial charge on any atom is -0.346 e. The van der Waals surface area contributed by atoms with Gasteiger partial charge in [-0.2, -0.15) is 0 Å². The molecule has 1 aromatic rings. The third kappa shape index (κ3) is 2.69. The number of amides is 1. The summed E-state index contributed by atoms with van der Waals surface area (Å²) in [5.41, 5.74) is 0.727. The molecule has 0 unspecified atom stereocenters. The second-order valence-corrected chi connectivity index (χ2v) is 8.34. The van der Waals surface area contributed by atoms with Gasteiger partial charge in [-0.3, -0.25) is 4.79 Å². The Morgan fingerprint density at radius 2 is 1.90 bits per heavy atom. The molecule has 1 amide bonds. The van der Waals surface area contributed by atoms with Crippen LogP contribution >= 0.6 is 11.6 Å². The number of rotatable bonds is 3. The van der Waals surface area contributed by atoms with E-state index in [-0.39, 0.29) is 23.0 Å². The number of benzene rings is 1. The Balaban J connectivity index is 1.71. The quantitative estimate of drug-likeness (QED) is 0.926. The molecule has 1 N–H and O–H groups in total. The smallest absolute Gasteiger partial charge is 0.224 e. The van der Waals surface area contributed by atoms with Gasteiger partial charge in [-0.25, -0.2) is 8.42 Å². The molecular weight excluding hydrogens is 298 g/mol. The molecular formula is C14H16ClNO3S. The number of halogens is 1. The predicted molar refractivity (Wildman–Crippen MR) is 77.3 cm³/mol. The van der Waals surface area contributed by atoms with E-state index in [1.165, 1.54) is 0 Å². The molecule has 4 nitrogen and oxygen atoms in total. The summed E-state index contributed by atoms with van der Waals surface area (Å²) in [6.45, 7) is 0. The number of nitrogens with one attached hydrogen (secondary N) is 1. The zero-order valence-corrected chi connectivity index (χ0v) is 12.5. The van der Waals surface area contributed by atoms with Crippen LogP contribution in [0.3, 0.4) is 0 Å². The van der Waals surface area contributed by atoms with Crippen molar-refractivity contribution in [1.29, 1.82) is 0 Å². The van der Waals surface area contributed by atoms with Crippen LogP contribution < -0.4 is 5.32 Å². The molecule has 1 aliphatic heterocycles. The molecule has 2 fully saturated rings. The van der Waals surface area contributed by atoms with Gasteiger partial charge in [0.15, 0.2) is 9.84 Å². The van der Waals surface area contributed by atoms with E-state index in [9.17, 15) is 13.2 Å². The highest BCUT2D eigenvalue weighted by molar-refractivity contribution is 7.91. The molecule has 108 valence electrons. The van der Waals surface area contributed by atoms with Gasteiger partial charge in [0.05, 0.1) is 23.0 Å². The molecule has 2 aliphatic rings. The van der Waals surface area contributed by atoms with Crippen LogP contribution in [0.1, 0.15) is 24.8 Å². The average Bonchev–Trinajstić information content (AvgIpc) is 3.07. The van der Waals surface area contributed by atoms with Gasteiger partial charge >= 0.3 is 0 Å². The Labute approximate surface area is 123 Å². The molecule has 0 spiro atoms. The molecule has 1 heterocycles. The third-order valence-corrected chi connectivity index (χ3v) is 6.13. The second-order valence-electron chi connectivity index (χ2n) is 5.68. The van der Waals surface area contributed by atoms with Crippen LogP contribution in [0.15, 0.2) is 24.3 Å². The molecule has 3 rings (SSSR count). The summed E-state index contributed by atoms with van der Waals surface area (Å²) in [5.74, 6) is -0.433. The van der Waals surface area contributed by atoms with Crippen LogP contribution in [0, 0.1) is 5.92 Å². The highest BCUT2D eigenvalue weighted by Gasteiger charge is 2.47. The Morgan fingerprint density at radius 3 is 2.40 bits per heavy atom. The lowest BCUT2D eigenvalue weighted by molar-refractivity contribution is -0.125. The van der Waals surface area contributed by atoms with E-state index in [1.807, 2.05) is 24.3 Å². The van der Waals surface area contributed by atoms with E-state index in [0.29, 0.717) is 11.4 Å². The van der Waals surface area contributed by atoms with Crippen LogP contribution in [0.5, 0.6) is 0 Å². The number of hydrogen-bond acceptors (Lipinski definition) is 3. The molecule has 0 bridgehead atoms. The number of sulfone groups is 1. The van der Waals surface area contributed by atoms with Gasteiger partial charge in [0.25, 0.3) is 0 Å². The maximum Gasteiger partial charge on any atom is 0.224 e. The lowest BCUT2D eigenvalue weighted by Gasteiger charge is -2.20. The van der Waals surface area contributed by atoms with Crippen LogP contribution in [-0.2, 0) is 20.2 Å². The van der Waals surface area contributed by atoms with Crippen molar-refractivity contribution in [2.24, 2.45) is 5.92 Å². The fraction of sp³-hybridized carbons (Fsp3) is 0.500. The van der Waals surface area contributed by atoms with Gasteiger partial charge in [-0.1, -0.05) is 23.7 Å².